The first-order chi connectivity index (χ1) is 16.2. The second kappa shape index (κ2) is 11.9. The van der Waals surface area contributed by atoms with Crippen LogP contribution in [0.4, 0.5) is 26.3 Å². The third kappa shape index (κ3) is 7.64. The van der Waals surface area contributed by atoms with E-state index in [0.29, 0.717) is 24.0 Å². The van der Waals surface area contributed by atoms with Gasteiger partial charge in [-0.25, -0.2) is 13.2 Å². The van der Waals surface area contributed by atoms with Gasteiger partial charge in [-0.3, -0.25) is 0 Å². The van der Waals surface area contributed by atoms with E-state index < -0.39 is 23.4 Å². The zero-order valence-corrected chi connectivity index (χ0v) is 19.5. The second-order valence-corrected chi connectivity index (χ2v) is 9.42. The van der Waals surface area contributed by atoms with E-state index >= 15 is 0 Å². The molecule has 2 aromatic rings. The van der Waals surface area contributed by atoms with E-state index in [0.717, 1.165) is 81.0 Å². The van der Waals surface area contributed by atoms with Gasteiger partial charge in [-0.05, 0) is 104 Å². The predicted molar refractivity (Wildman–Crippen MR) is 124 cm³/mol. The topological polar surface area (TPSA) is 0 Å². The minimum absolute atomic E-state index is 0.122. The summed E-state index contributed by atoms with van der Waals surface area (Å²) in [5.41, 5.74) is 1.58. The lowest BCUT2D eigenvalue weighted by Crippen LogP contribution is -2.15. The summed E-state index contributed by atoms with van der Waals surface area (Å²) in [6, 6.07) is 7.87. The molecule has 0 N–H and O–H groups in total. The standard InChI is InChI=1S/C28H32F6/c1-2-3-4-5-20-10-13-23(25(29)16-20)22-11-8-19(9-12-22)6-7-21-17-26(30)24(27(31)18-21)14-15-28(32,33)34/h10,13-19,22H,2-9,11-12H2,1H3/b15-14+. The first kappa shape index (κ1) is 26.4. The molecule has 186 valence electrons. The first-order valence-electron chi connectivity index (χ1n) is 12.2. The molecule has 1 fully saturated rings. The van der Waals surface area contributed by atoms with Crippen LogP contribution in [0.3, 0.4) is 0 Å². The molecule has 1 saturated carbocycles. The molecule has 0 saturated heterocycles. The van der Waals surface area contributed by atoms with Crippen LogP contribution in [0.1, 0.15) is 86.5 Å². The van der Waals surface area contributed by atoms with Crippen LogP contribution in [0.5, 0.6) is 0 Å². The van der Waals surface area contributed by atoms with Crippen molar-refractivity contribution in [2.24, 2.45) is 5.92 Å². The maximum atomic E-state index is 14.7. The maximum absolute atomic E-state index is 14.7. The van der Waals surface area contributed by atoms with Gasteiger partial charge in [-0.1, -0.05) is 31.9 Å². The number of hydrogen-bond donors (Lipinski definition) is 0. The number of aryl methyl sites for hydroxylation is 2. The van der Waals surface area contributed by atoms with E-state index in [2.05, 4.69) is 6.92 Å². The third-order valence-corrected chi connectivity index (χ3v) is 6.84. The van der Waals surface area contributed by atoms with Crippen molar-refractivity contribution in [2.45, 2.75) is 83.2 Å². The molecule has 0 heterocycles. The molecule has 0 aliphatic heterocycles. The van der Waals surface area contributed by atoms with Crippen molar-refractivity contribution in [2.75, 3.05) is 0 Å². The largest absolute Gasteiger partial charge is 0.409 e. The van der Waals surface area contributed by atoms with E-state index in [-0.39, 0.29) is 17.8 Å². The van der Waals surface area contributed by atoms with Crippen molar-refractivity contribution in [3.63, 3.8) is 0 Å². The Hall–Kier alpha value is -2.24. The van der Waals surface area contributed by atoms with Gasteiger partial charge in [-0.2, -0.15) is 13.2 Å². The van der Waals surface area contributed by atoms with E-state index in [9.17, 15) is 26.3 Å². The predicted octanol–water partition coefficient (Wildman–Crippen LogP) is 9.32. The Morgan fingerprint density at radius 3 is 2.06 bits per heavy atom. The highest BCUT2D eigenvalue weighted by Gasteiger charge is 2.25. The Morgan fingerprint density at radius 1 is 0.824 bits per heavy atom. The highest BCUT2D eigenvalue weighted by molar-refractivity contribution is 5.52. The SMILES string of the molecule is CCCCCc1ccc(C2CCC(CCc3cc(F)c(/C=C/C(F)(F)F)c(F)c3)CC2)c(F)c1. The Balaban J connectivity index is 1.52. The number of rotatable bonds is 9. The molecule has 2 aromatic carbocycles. The average molecular weight is 483 g/mol. The quantitative estimate of drug-likeness (QED) is 0.247. The molecule has 0 bridgehead atoms. The summed E-state index contributed by atoms with van der Waals surface area (Å²) in [7, 11) is 0. The average Bonchev–Trinajstić information content (AvgIpc) is 2.77. The normalized spacial score (nSPS) is 19.1. The number of allylic oxidation sites excluding steroid dienone is 1. The maximum Gasteiger partial charge on any atom is 0.409 e. The fraction of sp³-hybridized carbons (Fsp3) is 0.500. The third-order valence-electron chi connectivity index (χ3n) is 6.84. The summed E-state index contributed by atoms with van der Waals surface area (Å²) in [5, 5.41) is 0. The molecule has 3 rings (SSSR count). The molecule has 34 heavy (non-hydrogen) atoms. The van der Waals surface area contributed by atoms with Gasteiger partial charge in [0.2, 0.25) is 0 Å². The van der Waals surface area contributed by atoms with Gasteiger partial charge in [0, 0.05) is 11.6 Å². The molecule has 1 aliphatic carbocycles. The van der Waals surface area contributed by atoms with Gasteiger partial charge in [0.25, 0.3) is 0 Å². The highest BCUT2D eigenvalue weighted by atomic mass is 19.4. The molecule has 0 atom stereocenters. The number of unbranched alkanes of at least 4 members (excludes halogenated alkanes) is 2. The molecule has 0 nitrogen and oxygen atoms in total. The molecule has 0 aromatic heterocycles. The fourth-order valence-electron chi connectivity index (χ4n) is 4.89. The van der Waals surface area contributed by atoms with Gasteiger partial charge >= 0.3 is 6.18 Å². The van der Waals surface area contributed by atoms with Crippen LogP contribution in [0, 0.1) is 23.4 Å². The lowest BCUT2D eigenvalue weighted by molar-refractivity contribution is -0.0790. The molecule has 0 radical (unpaired) electrons. The van der Waals surface area contributed by atoms with Gasteiger partial charge in [0.05, 0.1) is 0 Å². The van der Waals surface area contributed by atoms with E-state index in [1.807, 2.05) is 12.1 Å². The van der Waals surface area contributed by atoms with Crippen LogP contribution in [0.15, 0.2) is 36.4 Å². The van der Waals surface area contributed by atoms with Gasteiger partial charge < -0.3 is 0 Å². The van der Waals surface area contributed by atoms with Crippen LogP contribution in [0.2, 0.25) is 0 Å². The summed E-state index contributed by atoms with van der Waals surface area (Å²) in [4.78, 5) is 0. The van der Waals surface area contributed by atoms with Crippen LogP contribution in [0.25, 0.3) is 6.08 Å². The lowest BCUT2D eigenvalue weighted by Gasteiger charge is -2.29. The number of halogens is 6. The minimum Gasteiger partial charge on any atom is -0.207 e. The van der Waals surface area contributed by atoms with E-state index in [1.165, 1.54) is 0 Å². The summed E-state index contributed by atoms with van der Waals surface area (Å²) in [6.45, 7) is 2.15. The molecular formula is C28H32F6. The summed E-state index contributed by atoms with van der Waals surface area (Å²) < 4.78 is 79.9. The fourth-order valence-corrected chi connectivity index (χ4v) is 4.89. The summed E-state index contributed by atoms with van der Waals surface area (Å²) >= 11 is 0. The molecular weight excluding hydrogens is 450 g/mol. The Morgan fingerprint density at radius 2 is 1.47 bits per heavy atom. The van der Waals surface area contributed by atoms with E-state index in [1.54, 1.807) is 6.07 Å². The zero-order valence-electron chi connectivity index (χ0n) is 19.5. The minimum atomic E-state index is -4.63. The van der Waals surface area contributed by atoms with Crippen LogP contribution < -0.4 is 0 Å². The number of alkyl halides is 3. The molecule has 0 amide bonds. The highest BCUT2D eigenvalue weighted by Crippen LogP contribution is 2.38. The summed E-state index contributed by atoms with van der Waals surface area (Å²) in [5.74, 6) is -1.54. The first-order valence-corrected chi connectivity index (χ1v) is 12.2. The van der Waals surface area contributed by atoms with Crippen molar-refractivity contribution >= 4 is 6.08 Å². The van der Waals surface area contributed by atoms with Crippen LogP contribution >= 0.6 is 0 Å². The van der Waals surface area contributed by atoms with E-state index in [4.69, 9.17) is 0 Å². The van der Waals surface area contributed by atoms with Gasteiger partial charge in [-0.15, -0.1) is 0 Å². The Kier molecular flexibility index (Phi) is 9.26. The molecule has 0 unspecified atom stereocenters. The van der Waals surface area contributed by atoms with Crippen molar-refractivity contribution in [3.05, 3.63) is 76.1 Å². The smallest absolute Gasteiger partial charge is 0.207 e. The Labute approximate surface area is 198 Å². The number of hydrogen-bond acceptors (Lipinski definition) is 0. The van der Waals surface area contributed by atoms with Crippen LogP contribution in [-0.4, -0.2) is 6.18 Å². The molecule has 1 aliphatic rings. The number of benzene rings is 2. The van der Waals surface area contributed by atoms with Crippen molar-refractivity contribution in [1.29, 1.82) is 0 Å². The second-order valence-electron chi connectivity index (χ2n) is 9.42. The zero-order chi connectivity index (χ0) is 24.7. The van der Waals surface area contributed by atoms with Crippen molar-refractivity contribution in [3.8, 4) is 0 Å². The monoisotopic (exact) mass is 482 g/mol. The van der Waals surface area contributed by atoms with Crippen molar-refractivity contribution in [1.82, 2.24) is 0 Å². The van der Waals surface area contributed by atoms with Gasteiger partial charge in [0.1, 0.15) is 17.5 Å². The van der Waals surface area contributed by atoms with Crippen LogP contribution in [-0.2, 0) is 12.8 Å². The summed E-state index contributed by atoms with van der Waals surface area (Å²) in [6.07, 6.45) is 4.65. The molecule has 6 heteroatoms. The van der Waals surface area contributed by atoms with Crippen molar-refractivity contribution < 1.29 is 26.3 Å². The lowest BCUT2D eigenvalue weighted by atomic mass is 9.76. The molecule has 0 spiro atoms. The Bertz CT molecular complexity index is 944. The van der Waals surface area contributed by atoms with Gasteiger partial charge in [0.15, 0.2) is 0 Å².